The first kappa shape index (κ1) is 18.8. The summed E-state index contributed by atoms with van der Waals surface area (Å²) in [6.45, 7) is 3.27. The zero-order valence-corrected chi connectivity index (χ0v) is 18.0. The predicted molar refractivity (Wildman–Crippen MR) is 124 cm³/mol. The first-order valence-corrected chi connectivity index (χ1v) is 10.7. The first-order valence-electron chi connectivity index (χ1n) is 10.7. The summed E-state index contributed by atoms with van der Waals surface area (Å²) in [6.07, 6.45) is 2.04. The van der Waals surface area contributed by atoms with E-state index in [0.717, 1.165) is 55.4 Å². The van der Waals surface area contributed by atoms with Gasteiger partial charge in [0.15, 0.2) is 6.20 Å². The van der Waals surface area contributed by atoms with Crippen LogP contribution in [0, 0.1) is 18.3 Å². The second-order valence-corrected chi connectivity index (χ2v) is 8.35. The van der Waals surface area contributed by atoms with Crippen LogP contribution in [0.3, 0.4) is 0 Å². The van der Waals surface area contributed by atoms with Crippen LogP contribution in [0.5, 0.6) is 0 Å². The molecule has 4 nitrogen and oxygen atoms in total. The van der Waals surface area contributed by atoms with Gasteiger partial charge in [0.05, 0.1) is 30.4 Å². The molecule has 0 atom stereocenters. The summed E-state index contributed by atoms with van der Waals surface area (Å²) in [7, 11) is 2.04. The highest BCUT2D eigenvalue weighted by atomic mass is 16.5. The number of nitriles is 1. The average Bonchev–Trinajstić information content (AvgIpc) is 3.43. The molecule has 3 aromatic carbocycles. The van der Waals surface area contributed by atoms with Crippen molar-refractivity contribution >= 4 is 21.9 Å². The highest BCUT2D eigenvalue weighted by Crippen LogP contribution is 2.43. The number of rotatable bonds is 2. The van der Waals surface area contributed by atoms with E-state index >= 15 is 0 Å². The molecule has 3 heterocycles. The minimum Gasteiger partial charge on any atom is -0.454 e. The van der Waals surface area contributed by atoms with E-state index in [2.05, 4.69) is 47.9 Å². The van der Waals surface area contributed by atoms with E-state index < -0.39 is 0 Å². The second-order valence-electron chi connectivity index (χ2n) is 8.35. The van der Waals surface area contributed by atoms with Crippen molar-refractivity contribution in [2.24, 2.45) is 7.05 Å². The van der Waals surface area contributed by atoms with E-state index in [0.29, 0.717) is 18.8 Å². The van der Waals surface area contributed by atoms with Gasteiger partial charge in [0.25, 0.3) is 0 Å². The van der Waals surface area contributed by atoms with Crippen LogP contribution in [-0.2, 0) is 25.0 Å². The van der Waals surface area contributed by atoms with Gasteiger partial charge in [-0.3, -0.25) is 0 Å². The quantitative estimate of drug-likeness (QED) is 0.333. The van der Waals surface area contributed by atoms with Gasteiger partial charge in [-0.15, -0.1) is 0 Å². The monoisotopic (exact) mass is 417 g/mol. The summed E-state index contributed by atoms with van der Waals surface area (Å²) in [6, 6.07) is 22.9. The van der Waals surface area contributed by atoms with Crippen LogP contribution < -0.4 is 4.57 Å². The normalized spacial score (nSPS) is 12.9. The topological polar surface area (TPSA) is 50.0 Å². The molecule has 0 fully saturated rings. The maximum Gasteiger partial charge on any atom is 0.216 e. The Kier molecular flexibility index (Phi) is 4.14. The number of hydrogen-bond donors (Lipinski definition) is 0. The van der Waals surface area contributed by atoms with Gasteiger partial charge in [0.2, 0.25) is 5.69 Å². The zero-order chi connectivity index (χ0) is 21.8. The number of pyridine rings is 1. The molecule has 154 valence electrons. The molecule has 32 heavy (non-hydrogen) atoms. The van der Waals surface area contributed by atoms with Gasteiger partial charge in [-0.2, -0.15) is 5.26 Å². The first-order chi connectivity index (χ1) is 15.7. The van der Waals surface area contributed by atoms with Crippen molar-refractivity contribution in [1.82, 2.24) is 0 Å². The lowest BCUT2D eigenvalue weighted by Crippen LogP contribution is -2.30. The molecule has 0 spiro atoms. The molecule has 1 aliphatic heterocycles. The Balaban J connectivity index is 1.75. The van der Waals surface area contributed by atoms with Crippen molar-refractivity contribution in [1.29, 1.82) is 5.26 Å². The van der Waals surface area contributed by atoms with Crippen LogP contribution in [-0.4, -0.2) is 0 Å². The molecule has 0 unspecified atom stereocenters. The summed E-state index contributed by atoms with van der Waals surface area (Å²) in [5, 5.41) is 12.0. The highest BCUT2D eigenvalue weighted by Gasteiger charge is 2.25. The van der Waals surface area contributed by atoms with Crippen molar-refractivity contribution in [2.75, 3.05) is 0 Å². The van der Waals surface area contributed by atoms with Gasteiger partial charge in [-0.05, 0) is 47.4 Å². The summed E-state index contributed by atoms with van der Waals surface area (Å²) in [5.41, 5.74) is 9.71. The van der Waals surface area contributed by atoms with E-state index in [9.17, 15) is 5.26 Å². The van der Waals surface area contributed by atoms with Crippen molar-refractivity contribution < 1.29 is 13.7 Å². The number of benzene rings is 3. The van der Waals surface area contributed by atoms with Gasteiger partial charge in [0, 0.05) is 28.5 Å². The van der Waals surface area contributed by atoms with E-state index in [4.69, 9.17) is 9.15 Å². The van der Waals surface area contributed by atoms with Crippen LogP contribution in [0.1, 0.15) is 22.3 Å². The molecule has 5 aromatic rings. The van der Waals surface area contributed by atoms with E-state index in [1.807, 2.05) is 43.6 Å². The summed E-state index contributed by atoms with van der Waals surface area (Å²) in [4.78, 5) is 0. The molecule has 0 N–H and O–H groups in total. The zero-order valence-electron chi connectivity index (χ0n) is 18.0. The maximum absolute atomic E-state index is 9.95. The Labute approximate surface area is 185 Å². The van der Waals surface area contributed by atoms with Gasteiger partial charge in [-0.25, -0.2) is 4.57 Å². The number of aryl methyl sites for hydroxylation is 2. The number of ether oxygens (including phenoxy) is 1. The van der Waals surface area contributed by atoms with E-state index in [-0.39, 0.29) is 0 Å². The molecule has 0 saturated carbocycles. The summed E-state index contributed by atoms with van der Waals surface area (Å²) < 4.78 is 14.5. The molecule has 4 heteroatoms. The number of aromatic nitrogens is 1. The lowest BCUT2D eigenvalue weighted by molar-refractivity contribution is -0.660. The van der Waals surface area contributed by atoms with Gasteiger partial charge >= 0.3 is 0 Å². The number of hydrogen-bond acceptors (Lipinski definition) is 3. The molecule has 1 aliphatic rings. The summed E-state index contributed by atoms with van der Waals surface area (Å²) >= 11 is 0. The fourth-order valence-electron chi connectivity index (χ4n) is 4.90. The molecule has 0 aliphatic carbocycles. The van der Waals surface area contributed by atoms with Crippen molar-refractivity contribution in [3.63, 3.8) is 0 Å². The predicted octanol–water partition coefficient (Wildman–Crippen LogP) is 5.95. The smallest absolute Gasteiger partial charge is 0.216 e. The average molecular weight is 417 g/mol. The minimum absolute atomic E-state index is 0.553. The molecular weight excluding hydrogens is 396 g/mol. The lowest BCUT2D eigenvalue weighted by Gasteiger charge is -2.10. The SMILES string of the molecule is Cc1ccc2c(oc3c(-c4cccc5c4COC5)c(C#N)ccc32)c1-c1cccc[n+]1C. The van der Waals surface area contributed by atoms with Crippen molar-refractivity contribution in [3.8, 4) is 28.5 Å². The Morgan fingerprint density at radius 1 is 0.875 bits per heavy atom. The van der Waals surface area contributed by atoms with Crippen LogP contribution >= 0.6 is 0 Å². The lowest BCUT2D eigenvalue weighted by atomic mass is 9.92. The van der Waals surface area contributed by atoms with E-state index in [1.54, 1.807) is 0 Å². The van der Waals surface area contributed by atoms with Crippen LogP contribution in [0.25, 0.3) is 44.3 Å². The molecule has 0 amide bonds. The largest absolute Gasteiger partial charge is 0.454 e. The van der Waals surface area contributed by atoms with E-state index in [1.165, 1.54) is 5.56 Å². The third-order valence-electron chi connectivity index (χ3n) is 6.50. The third-order valence-corrected chi connectivity index (χ3v) is 6.50. The Bertz CT molecular complexity index is 1590. The number of nitrogens with zero attached hydrogens (tertiary/aromatic N) is 2. The number of fused-ring (bicyclic) bond motifs is 4. The fraction of sp³-hybridized carbons (Fsp3) is 0.143. The van der Waals surface area contributed by atoms with Crippen molar-refractivity contribution in [3.05, 3.63) is 89.1 Å². The molecular formula is C28H21N2O2+. The van der Waals surface area contributed by atoms with Gasteiger partial charge < -0.3 is 9.15 Å². The second kappa shape index (κ2) is 7.05. The van der Waals surface area contributed by atoms with Crippen LogP contribution in [0.15, 0.2) is 71.3 Å². The Hall–Kier alpha value is -3.94. The van der Waals surface area contributed by atoms with Crippen LogP contribution in [0.4, 0.5) is 0 Å². The maximum atomic E-state index is 9.95. The molecule has 0 bridgehead atoms. The molecule has 6 rings (SSSR count). The highest BCUT2D eigenvalue weighted by molar-refractivity contribution is 6.14. The van der Waals surface area contributed by atoms with Gasteiger partial charge in [0.1, 0.15) is 18.2 Å². The van der Waals surface area contributed by atoms with Crippen molar-refractivity contribution in [2.45, 2.75) is 20.1 Å². The molecule has 2 aromatic heterocycles. The van der Waals surface area contributed by atoms with Gasteiger partial charge in [-0.1, -0.05) is 30.3 Å². The standard InChI is InChI=1S/C28H21N2O2/c1-17-9-11-21-22-12-10-18(14-29)26(20-7-5-6-19-15-31-16-23(19)20)28(22)32-27(21)25(17)24-8-3-4-13-30(24)2/h3-13H,15-16H2,1-2H3/q+1. The number of furan rings is 1. The molecule has 0 radical (unpaired) electrons. The van der Waals surface area contributed by atoms with Crippen LogP contribution in [0.2, 0.25) is 0 Å². The minimum atomic E-state index is 0.553. The Morgan fingerprint density at radius 2 is 1.69 bits per heavy atom. The fourth-order valence-corrected chi connectivity index (χ4v) is 4.90. The third kappa shape index (κ3) is 2.62. The Morgan fingerprint density at radius 3 is 2.50 bits per heavy atom. The summed E-state index contributed by atoms with van der Waals surface area (Å²) in [5.74, 6) is 0. The molecule has 0 saturated heterocycles.